The van der Waals surface area contributed by atoms with Crippen LogP contribution in [0.3, 0.4) is 0 Å². The van der Waals surface area contributed by atoms with Gasteiger partial charge in [0.25, 0.3) is 0 Å². The molecule has 7 heteroatoms. The van der Waals surface area contributed by atoms with Crippen LogP contribution in [0.25, 0.3) is 10.9 Å². The summed E-state index contributed by atoms with van der Waals surface area (Å²) in [5.41, 5.74) is 3.21. The van der Waals surface area contributed by atoms with Crippen molar-refractivity contribution in [2.75, 3.05) is 6.26 Å². The minimum Gasteiger partial charge on any atom is -0.748 e. The van der Waals surface area contributed by atoms with E-state index in [4.69, 9.17) is 13.0 Å². The highest BCUT2D eigenvalue weighted by Crippen LogP contribution is 2.30. The number of pyridine rings is 1. The molecule has 0 saturated carbocycles. The van der Waals surface area contributed by atoms with Gasteiger partial charge in [0, 0.05) is 42.9 Å². The van der Waals surface area contributed by atoms with Crippen molar-refractivity contribution in [1.82, 2.24) is 4.57 Å². The van der Waals surface area contributed by atoms with Gasteiger partial charge in [0.1, 0.15) is 12.8 Å². The van der Waals surface area contributed by atoms with E-state index in [0.29, 0.717) is 12.0 Å². The van der Waals surface area contributed by atoms with Crippen LogP contribution in [0.5, 0.6) is 5.75 Å². The lowest BCUT2D eigenvalue weighted by Gasteiger charge is -2.06. The molecule has 3 aromatic rings. The fourth-order valence-corrected chi connectivity index (χ4v) is 2.50. The van der Waals surface area contributed by atoms with Crippen LogP contribution in [0.4, 0.5) is 0 Å². The molecule has 0 radical (unpaired) electrons. The van der Waals surface area contributed by atoms with Crippen molar-refractivity contribution in [3.8, 4) is 5.75 Å². The minimum absolute atomic E-state index is 0.393. The van der Waals surface area contributed by atoms with E-state index < -0.39 is 10.1 Å². The summed E-state index contributed by atoms with van der Waals surface area (Å²) in [6, 6.07) is 10.1. The third-order valence-electron chi connectivity index (χ3n) is 3.52. The van der Waals surface area contributed by atoms with Gasteiger partial charge in [-0.1, -0.05) is 6.07 Å². The van der Waals surface area contributed by atoms with Gasteiger partial charge < -0.3 is 14.2 Å². The van der Waals surface area contributed by atoms with Crippen LogP contribution in [0.1, 0.15) is 11.1 Å². The molecule has 1 N–H and O–H groups in total. The zero-order valence-electron chi connectivity index (χ0n) is 13.8. The second-order valence-corrected chi connectivity index (χ2v) is 7.10. The van der Waals surface area contributed by atoms with Gasteiger partial charge in [-0.15, -0.1) is 0 Å². The molecule has 2 heterocycles. The van der Waals surface area contributed by atoms with E-state index in [-0.39, 0.29) is 0 Å². The summed E-state index contributed by atoms with van der Waals surface area (Å²) in [5.74, 6) is 0.393. The predicted molar refractivity (Wildman–Crippen MR) is 90.6 cm³/mol. The van der Waals surface area contributed by atoms with Crippen molar-refractivity contribution in [2.24, 2.45) is 14.1 Å². The van der Waals surface area contributed by atoms with E-state index in [1.807, 2.05) is 53.8 Å². The van der Waals surface area contributed by atoms with Crippen LogP contribution in [-0.4, -0.2) is 28.9 Å². The number of hydrogen-bond acceptors (Lipinski definition) is 4. The topological polar surface area (TPSA) is 86.2 Å². The molecule has 2 aromatic heterocycles. The van der Waals surface area contributed by atoms with Gasteiger partial charge in [-0.05, 0) is 23.8 Å². The third-order valence-corrected chi connectivity index (χ3v) is 3.52. The normalized spacial score (nSPS) is 11.2. The Kier molecular flexibility index (Phi) is 5.26. The summed E-state index contributed by atoms with van der Waals surface area (Å²) in [4.78, 5) is 0. The fourth-order valence-electron chi connectivity index (χ4n) is 2.50. The number of phenols is 1. The summed E-state index contributed by atoms with van der Waals surface area (Å²) >= 11 is 0. The monoisotopic (exact) mass is 348 g/mol. The highest BCUT2D eigenvalue weighted by Gasteiger charge is 2.10. The molecule has 3 rings (SSSR count). The average molecular weight is 348 g/mol. The molecular weight excluding hydrogens is 328 g/mol. The summed E-state index contributed by atoms with van der Waals surface area (Å²) in [7, 11) is 0.0718. The van der Waals surface area contributed by atoms with E-state index in [9.17, 15) is 5.11 Å². The Morgan fingerprint density at radius 3 is 2.54 bits per heavy atom. The van der Waals surface area contributed by atoms with Gasteiger partial charge in [0.2, 0.25) is 0 Å². The number of benzene rings is 1. The molecule has 0 unspecified atom stereocenters. The van der Waals surface area contributed by atoms with E-state index in [1.54, 1.807) is 0 Å². The summed E-state index contributed by atoms with van der Waals surface area (Å²) in [5, 5.41) is 11.3. The van der Waals surface area contributed by atoms with Gasteiger partial charge in [-0.25, -0.2) is 13.0 Å². The zero-order valence-corrected chi connectivity index (χ0v) is 14.6. The first-order valence-electron chi connectivity index (χ1n) is 7.26. The second-order valence-electron chi connectivity index (χ2n) is 5.69. The van der Waals surface area contributed by atoms with Gasteiger partial charge in [0.15, 0.2) is 12.4 Å². The lowest BCUT2D eigenvalue weighted by Crippen LogP contribution is -2.26. The largest absolute Gasteiger partial charge is 0.748 e. The van der Waals surface area contributed by atoms with Crippen molar-refractivity contribution in [3.05, 3.63) is 60.0 Å². The average Bonchev–Trinajstić information content (AvgIpc) is 2.83. The number of aromatic hydroxyl groups is 1. The number of phenolic OH excluding ortho intramolecular Hbond substituents is 1. The van der Waals surface area contributed by atoms with Crippen LogP contribution >= 0.6 is 0 Å². The van der Waals surface area contributed by atoms with E-state index in [1.165, 1.54) is 5.56 Å². The Balaban J connectivity index is 0.000000368. The maximum atomic E-state index is 10.4. The van der Waals surface area contributed by atoms with Crippen LogP contribution in [0, 0.1) is 0 Å². The number of hydrogen-bond donors (Lipinski definition) is 1. The first kappa shape index (κ1) is 18.0. The van der Waals surface area contributed by atoms with E-state index in [2.05, 4.69) is 18.3 Å². The van der Waals surface area contributed by atoms with Crippen molar-refractivity contribution < 1.29 is 22.6 Å². The molecule has 0 aliphatic carbocycles. The van der Waals surface area contributed by atoms with E-state index in [0.717, 1.165) is 22.9 Å². The molecule has 0 aliphatic heterocycles. The second kappa shape index (κ2) is 7.02. The van der Waals surface area contributed by atoms with Crippen molar-refractivity contribution in [3.63, 3.8) is 0 Å². The molecule has 0 aliphatic rings. The van der Waals surface area contributed by atoms with Gasteiger partial charge in [-0.3, -0.25) is 0 Å². The number of rotatable bonds is 2. The summed E-state index contributed by atoms with van der Waals surface area (Å²) in [6.45, 7) is 0. The van der Waals surface area contributed by atoms with Gasteiger partial charge in [-0.2, -0.15) is 0 Å². The molecule has 0 atom stereocenters. The highest BCUT2D eigenvalue weighted by atomic mass is 32.2. The number of nitrogens with zero attached hydrogens (tertiary/aromatic N) is 2. The first-order valence-corrected chi connectivity index (χ1v) is 9.07. The van der Waals surface area contributed by atoms with Crippen LogP contribution < -0.4 is 4.57 Å². The fraction of sp³-hybridized carbons (Fsp3) is 0.235. The zero-order chi connectivity index (χ0) is 17.9. The molecule has 0 amide bonds. The summed E-state index contributed by atoms with van der Waals surface area (Å²) < 4.78 is 31.3. The lowest BCUT2D eigenvalue weighted by atomic mass is 10.0. The third kappa shape index (κ3) is 4.81. The van der Waals surface area contributed by atoms with Crippen molar-refractivity contribution >= 4 is 21.0 Å². The maximum Gasteiger partial charge on any atom is 0.172 e. The maximum absolute atomic E-state index is 10.4. The molecule has 1 aromatic carbocycles. The Bertz CT molecular complexity index is 954. The Morgan fingerprint density at radius 1 is 1.25 bits per heavy atom. The quantitative estimate of drug-likeness (QED) is 0.561. The van der Waals surface area contributed by atoms with Crippen LogP contribution in [-0.2, 0) is 30.6 Å². The van der Waals surface area contributed by atoms with E-state index >= 15 is 0 Å². The molecular formula is C17H20N2O4S. The molecule has 0 saturated heterocycles. The molecule has 24 heavy (non-hydrogen) atoms. The molecule has 0 fully saturated rings. The Labute approximate surface area is 141 Å². The SMILES string of the molecule is CS(=O)(=O)[O-].Cn1ccc2c(O)c(Cc3ccc[n+](C)c3)ccc21. The van der Waals surface area contributed by atoms with Gasteiger partial charge in [0.05, 0.1) is 15.6 Å². The van der Waals surface area contributed by atoms with Gasteiger partial charge >= 0.3 is 0 Å². The minimum atomic E-state index is -3.92. The number of aromatic nitrogens is 2. The highest BCUT2D eigenvalue weighted by molar-refractivity contribution is 7.84. The van der Waals surface area contributed by atoms with Crippen LogP contribution in [0.15, 0.2) is 48.9 Å². The Hall–Kier alpha value is -2.38. The predicted octanol–water partition coefficient (Wildman–Crippen LogP) is 1.46. The number of fused-ring (bicyclic) bond motifs is 1. The first-order chi connectivity index (χ1) is 11.1. The smallest absolute Gasteiger partial charge is 0.172 e. The molecule has 128 valence electrons. The standard InChI is InChI=1S/C16H16N2O.CH4O3S/c1-17-8-3-4-12(11-17)10-13-5-6-15-14(16(13)19)7-9-18(15)2;1-5(2,3)4/h3-9,11H,10H2,1-2H3;1H3,(H,2,3,4). The molecule has 0 spiro atoms. The lowest BCUT2D eigenvalue weighted by molar-refractivity contribution is -0.671. The molecule has 0 bridgehead atoms. The van der Waals surface area contributed by atoms with Crippen molar-refractivity contribution in [1.29, 1.82) is 0 Å². The van der Waals surface area contributed by atoms with Crippen molar-refractivity contribution in [2.45, 2.75) is 6.42 Å². The Morgan fingerprint density at radius 2 is 1.92 bits per heavy atom. The number of aryl methyl sites for hydroxylation is 2. The van der Waals surface area contributed by atoms with Crippen LogP contribution in [0.2, 0.25) is 0 Å². The molecule has 6 nitrogen and oxygen atoms in total. The summed E-state index contributed by atoms with van der Waals surface area (Å²) in [6.07, 6.45) is 7.40.